The molecule has 8 heteroatoms. The molecule has 0 radical (unpaired) electrons. The summed E-state index contributed by atoms with van der Waals surface area (Å²) < 4.78 is 28.8. The minimum absolute atomic E-state index is 0.0856. The number of hydrogen-bond donors (Lipinski definition) is 2. The second kappa shape index (κ2) is 8.86. The molecule has 1 fully saturated rings. The minimum atomic E-state index is -2.92. The Bertz CT molecular complexity index is 661. The Balaban J connectivity index is 2.03. The quantitative estimate of drug-likeness (QED) is 0.563. The SMILES string of the molecule is CCCOc1ncccc1CN=C(NCC)NC1CCS(=O)(=O)C1. The van der Waals surface area contributed by atoms with Gasteiger partial charge in [0.2, 0.25) is 5.88 Å². The number of aromatic nitrogens is 1. The fourth-order valence-electron chi connectivity index (χ4n) is 2.46. The fraction of sp³-hybridized carbons (Fsp3) is 0.625. The second-order valence-corrected chi connectivity index (χ2v) is 7.98. The van der Waals surface area contributed by atoms with Gasteiger partial charge in [0.25, 0.3) is 0 Å². The van der Waals surface area contributed by atoms with E-state index in [2.05, 4.69) is 20.6 Å². The largest absolute Gasteiger partial charge is 0.477 e. The molecule has 134 valence electrons. The first kappa shape index (κ1) is 18.5. The molecule has 0 aromatic carbocycles. The van der Waals surface area contributed by atoms with E-state index in [1.165, 1.54) is 0 Å². The molecule has 1 atom stereocenters. The number of nitrogens with one attached hydrogen (secondary N) is 2. The van der Waals surface area contributed by atoms with Gasteiger partial charge in [-0.1, -0.05) is 13.0 Å². The van der Waals surface area contributed by atoms with Gasteiger partial charge in [0.05, 0.1) is 24.7 Å². The number of rotatable bonds is 7. The summed E-state index contributed by atoms with van der Waals surface area (Å²) in [5.74, 6) is 1.61. The van der Waals surface area contributed by atoms with Gasteiger partial charge in [0, 0.05) is 24.3 Å². The van der Waals surface area contributed by atoms with Crippen LogP contribution >= 0.6 is 0 Å². The van der Waals surface area contributed by atoms with Gasteiger partial charge in [-0.05, 0) is 25.8 Å². The van der Waals surface area contributed by atoms with Crippen LogP contribution in [-0.4, -0.2) is 50.1 Å². The highest BCUT2D eigenvalue weighted by Crippen LogP contribution is 2.16. The molecule has 1 aliphatic rings. The molecule has 24 heavy (non-hydrogen) atoms. The molecule has 1 aromatic rings. The molecule has 1 unspecified atom stereocenters. The molecule has 1 aliphatic heterocycles. The van der Waals surface area contributed by atoms with Gasteiger partial charge in [-0.15, -0.1) is 0 Å². The molecule has 0 amide bonds. The lowest BCUT2D eigenvalue weighted by molar-refractivity contribution is 0.302. The second-order valence-electron chi connectivity index (χ2n) is 5.76. The molecule has 1 aromatic heterocycles. The van der Waals surface area contributed by atoms with E-state index >= 15 is 0 Å². The summed E-state index contributed by atoms with van der Waals surface area (Å²) in [6, 6.07) is 3.70. The molecular weight excluding hydrogens is 328 g/mol. The standard InChI is InChI=1S/C16H26N4O3S/c1-3-9-23-15-13(6-5-8-18-15)11-19-16(17-4-2)20-14-7-10-24(21,22)12-14/h5-6,8,14H,3-4,7,9-12H2,1-2H3,(H2,17,19,20). The third-order valence-electron chi connectivity index (χ3n) is 3.62. The summed E-state index contributed by atoms with van der Waals surface area (Å²) in [6.45, 7) is 5.76. The number of aliphatic imine (C=N–C) groups is 1. The molecule has 1 saturated heterocycles. The van der Waals surface area contributed by atoms with E-state index in [0.717, 1.165) is 12.0 Å². The lowest BCUT2D eigenvalue weighted by atomic mass is 10.2. The van der Waals surface area contributed by atoms with Crippen molar-refractivity contribution >= 4 is 15.8 Å². The Morgan fingerprint density at radius 2 is 2.29 bits per heavy atom. The van der Waals surface area contributed by atoms with E-state index in [1.54, 1.807) is 6.20 Å². The summed E-state index contributed by atoms with van der Waals surface area (Å²) in [6.07, 6.45) is 3.23. The highest BCUT2D eigenvalue weighted by atomic mass is 32.2. The van der Waals surface area contributed by atoms with Crippen LogP contribution in [0.4, 0.5) is 0 Å². The number of hydrogen-bond acceptors (Lipinski definition) is 5. The Kier molecular flexibility index (Phi) is 6.84. The topological polar surface area (TPSA) is 92.7 Å². The van der Waals surface area contributed by atoms with E-state index in [0.29, 0.717) is 38.0 Å². The summed E-state index contributed by atoms with van der Waals surface area (Å²) in [7, 11) is -2.92. The van der Waals surface area contributed by atoms with Gasteiger partial charge >= 0.3 is 0 Å². The van der Waals surface area contributed by atoms with Gasteiger partial charge in [0.1, 0.15) is 0 Å². The summed E-state index contributed by atoms with van der Waals surface area (Å²) >= 11 is 0. The van der Waals surface area contributed by atoms with Crippen LogP contribution in [0.15, 0.2) is 23.3 Å². The fourth-order valence-corrected chi connectivity index (χ4v) is 4.13. The number of guanidine groups is 1. The monoisotopic (exact) mass is 354 g/mol. The van der Waals surface area contributed by atoms with Crippen molar-refractivity contribution in [1.82, 2.24) is 15.6 Å². The number of sulfone groups is 1. The van der Waals surface area contributed by atoms with Crippen molar-refractivity contribution in [2.75, 3.05) is 24.7 Å². The van der Waals surface area contributed by atoms with Crippen LogP contribution in [0.1, 0.15) is 32.3 Å². The first-order chi connectivity index (χ1) is 11.5. The first-order valence-electron chi connectivity index (χ1n) is 8.36. The number of pyridine rings is 1. The zero-order valence-corrected chi connectivity index (χ0v) is 15.1. The van der Waals surface area contributed by atoms with Crippen molar-refractivity contribution < 1.29 is 13.2 Å². The zero-order chi connectivity index (χ0) is 17.4. The average molecular weight is 354 g/mol. The molecule has 0 aliphatic carbocycles. The van der Waals surface area contributed by atoms with Crippen LogP contribution in [-0.2, 0) is 16.4 Å². The third kappa shape index (κ3) is 5.67. The molecule has 0 spiro atoms. The van der Waals surface area contributed by atoms with Crippen LogP contribution < -0.4 is 15.4 Å². The van der Waals surface area contributed by atoms with Gasteiger partial charge < -0.3 is 15.4 Å². The minimum Gasteiger partial charge on any atom is -0.477 e. The zero-order valence-electron chi connectivity index (χ0n) is 14.3. The molecule has 7 nitrogen and oxygen atoms in total. The van der Waals surface area contributed by atoms with E-state index in [1.807, 2.05) is 26.0 Å². The highest BCUT2D eigenvalue weighted by Gasteiger charge is 2.28. The highest BCUT2D eigenvalue weighted by molar-refractivity contribution is 7.91. The maximum atomic E-state index is 11.6. The smallest absolute Gasteiger partial charge is 0.218 e. The van der Waals surface area contributed by atoms with Crippen molar-refractivity contribution in [3.63, 3.8) is 0 Å². The summed E-state index contributed by atoms with van der Waals surface area (Å²) in [5.41, 5.74) is 0.905. The molecule has 2 heterocycles. The van der Waals surface area contributed by atoms with Crippen molar-refractivity contribution in [2.45, 2.75) is 39.3 Å². The van der Waals surface area contributed by atoms with Crippen molar-refractivity contribution in [2.24, 2.45) is 4.99 Å². The van der Waals surface area contributed by atoms with Gasteiger partial charge in [0.15, 0.2) is 15.8 Å². The summed E-state index contributed by atoms with van der Waals surface area (Å²) in [4.78, 5) is 8.79. The lowest BCUT2D eigenvalue weighted by Gasteiger charge is -2.16. The summed E-state index contributed by atoms with van der Waals surface area (Å²) in [5, 5.41) is 6.36. The normalized spacial score (nSPS) is 19.9. The van der Waals surface area contributed by atoms with Crippen LogP contribution in [0.25, 0.3) is 0 Å². The van der Waals surface area contributed by atoms with Gasteiger partial charge in [-0.2, -0.15) is 0 Å². The van der Waals surface area contributed by atoms with Crippen molar-refractivity contribution in [1.29, 1.82) is 0 Å². The van der Waals surface area contributed by atoms with Gasteiger partial charge in [-0.25, -0.2) is 18.4 Å². The molecule has 0 saturated carbocycles. The van der Waals surface area contributed by atoms with Crippen LogP contribution in [0.2, 0.25) is 0 Å². The van der Waals surface area contributed by atoms with Crippen LogP contribution in [0.3, 0.4) is 0 Å². The first-order valence-corrected chi connectivity index (χ1v) is 10.2. The molecular formula is C16H26N4O3S. The Labute approximate surface area is 143 Å². The Morgan fingerprint density at radius 1 is 1.46 bits per heavy atom. The average Bonchev–Trinajstić information content (AvgIpc) is 2.90. The molecule has 2 rings (SSSR count). The maximum absolute atomic E-state index is 11.6. The lowest BCUT2D eigenvalue weighted by Crippen LogP contribution is -2.44. The van der Waals surface area contributed by atoms with Crippen molar-refractivity contribution in [3.8, 4) is 5.88 Å². The van der Waals surface area contributed by atoms with E-state index in [9.17, 15) is 8.42 Å². The molecule has 0 bridgehead atoms. The Morgan fingerprint density at radius 3 is 2.96 bits per heavy atom. The maximum Gasteiger partial charge on any atom is 0.218 e. The number of ether oxygens (including phenoxy) is 1. The van der Waals surface area contributed by atoms with Crippen LogP contribution in [0, 0.1) is 0 Å². The van der Waals surface area contributed by atoms with E-state index in [4.69, 9.17) is 4.74 Å². The molecule has 2 N–H and O–H groups in total. The predicted molar refractivity (Wildman–Crippen MR) is 95.0 cm³/mol. The van der Waals surface area contributed by atoms with E-state index in [-0.39, 0.29) is 17.5 Å². The third-order valence-corrected chi connectivity index (χ3v) is 5.39. The van der Waals surface area contributed by atoms with Crippen LogP contribution in [0.5, 0.6) is 5.88 Å². The predicted octanol–water partition coefficient (Wildman–Crippen LogP) is 1.11. The van der Waals surface area contributed by atoms with E-state index < -0.39 is 9.84 Å². The Hall–Kier alpha value is -1.83. The van der Waals surface area contributed by atoms with Crippen molar-refractivity contribution in [3.05, 3.63) is 23.9 Å². The van der Waals surface area contributed by atoms with Gasteiger partial charge in [-0.3, -0.25) is 0 Å². The number of nitrogens with zero attached hydrogens (tertiary/aromatic N) is 2.